The van der Waals surface area contributed by atoms with Crippen molar-refractivity contribution in [3.8, 4) is 0 Å². The summed E-state index contributed by atoms with van der Waals surface area (Å²) in [5.41, 5.74) is 6.61. The lowest BCUT2D eigenvalue weighted by atomic mass is 10.2. The van der Waals surface area contributed by atoms with E-state index in [1.807, 2.05) is 6.92 Å². The summed E-state index contributed by atoms with van der Waals surface area (Å²) in [5.74, 6) is -0.144. The Morgan fingerprint density at radius 2 is 2.17 bits per heavy atom. The normalized spacial score (nSPS) is 12.4. The summed E-state index contributed by atoms with van der Waals surface area (Å²) in [5, 5.41) is 2.95. The van der Waals surface area contributed by atoms with Crippen LogP contribution in [0, 0.1) is 0 Å². The quantitative estimate of drug-likeness (QED) is 0.794. The second-order valence-corrected chi connectivity index (χ2v) is 4.32. The monoisotopic (exact) mass is 250 g/mol. The van der Waals surface area contributed by atoms with Gasteiger partial charge in [0, 0.05) is 18.8 Å². The van der Waals surface area contributed by atoms with Crippen LogP contribution in [0.5, 0.6) is 0 Å². The van der Waals surface area contributed by atoms with E-state index >= 15 is 0 Å². The van der Waals surface area contributed by atoms with E-state index in [-0.39, 0.29) is 11.9 Å². The molecule has 0 aliphatic heterocycles. The fraction of sp³-hybridized carbons (Fsp3) is 0.538. The van der Waals surface area contributed by atoms with E-state index in [2.05, 4.69) is 29.0 Å². The molecule has 1 rings (SSSR count). The Kier molecular flexibility index (Phi) is 5.58. The predicted molar refractivity (Wildman–Crippen MR) is 73.4 cm³/mol. The molecule has 5 nitrogen and oxygen atoms in total. The molecular formula is C13H22N4O. The lowest BCUT2D eigenvalue weighted by Crippen LogP contribution is -2.42. The van der Waals surface area contributed by atoms with E-state index in [0.717, 1.165) is 19.6 Å². The summed E-state index contributed by atoms with van der Waals surface area (Å²) in [7, 11) is 0. The molecule has 1 heterocycles. The molecule has 0 radical (unpaired) electrons. The van der Waals surface area contributed by atoms with Crippen LogP contribution in [0.1, 0.15) is 31.1 Å². The fourth-order valence-electron chi connectivity index (χ4n) is 1.83. The molecule has 0 spiro atoms. The molecule has 0 fully saturated rings. The minimum atomic E-state index is -0.144. The van der Waals surface area contributed by atoms with Gasteiger partial charge in [-0.1, -0.05) is 13.8 Å². The van der Waals surface area contributed by atoms with E-state index in [1.165, 1.54) is 6.20 Å². The van der Waals surface area contributed by atoms with Gasteiger partial charge in [-0.3, -0.25) is 9.78 Å². The molecule has 0 aliphatic carbocycles. The van der Waals surface area contributed by atoms with Gasteiger partial charge in [-0.15, -0.1) is 0 Å². The van der Waals surface area contributed by atoms with Gasteiger partial charge in [0.05, 0.1) is 17.4 Å². The number of pyridine rings is 1. The first-order chi connectivity index (χ1) is 8.58. The van der Waals surface area contributed by atoms with Gasteiger partial charge < -0.3 is 16.0 Å². The average Bonchev–Trinajstić information content (AvgIpc) is 2.36. The number of carbonyl (C=O) groups is 1. The van der Waals surface area contributed by atoms with Gasteiger partial charge in [-0.2, -0.15) is 0 Å². The molecule has 0 saturated heterocycles. The number of rotatable bonds is 6. The number of amides is 1. The van der Waals surface area contributed by atoms with Crippen molar-refractivity contribution in [3.05, 3.63) is 24.0 Å². The third-order valence-corrected chi connectivity index (χ3v) is 2.90. The first kappa shape index (κ1) is 14.4. The number of aromatic nitrogens is 1. The summed E-state index contributed by atoms with van der Waals surface area (Å²) >= 11 is 0. The Morgan fingerprint density at radius 1 is 1.50 bits per heavy atom. The number of nitrogens with one attached hydrogen (secondary N) is 1. The Morgan fingerprint density at radius 3 is 2.72 bits per heavy atom. The predicted octanol–water partition coefficient (Wildman–Crippen LogP) is 1.12. The van der Waals surface area contributed by atoms with Crippen molar-refractivity contribution >= 4 is 11.6 Å². The maximum atomic E-state index is 12.0. The second-order valence-electron chi connectivity index (χ2n) is 4.32. The highest BCUT2D eigenvalue weighted by atomic mass is 16.1. The Labute approximate surface area is 108 Å². The highest BCUT2D eigenvalue weighted by Crippen LogP contribution is 2.08. The van der Waals surface area contributed by atoms with Crippen LogP contribution >= 0.6 is 0 Å². The van der Waals surface area contributed by atoms with Crippen LogP contribution in [-0.4, -0.2) is 41.5 Å². The number of nitrogen functional groups attached to an aromatic ring is 1. The Hall–Kier alpha value is -1.62. The summed E-state index contributed by atoms with van der Waals surface area (Å²) in [6.45, 7) is 9.01. The van der Waals surface area contributed by atoms with Crippen molar-refractivity contribution in [2.45, 2.75) is 26.8 Å². The standard InChI is InChI=1S/C13H22N4O/c1-4-17(5-2)9-10(3)16-13(18)11-6-7-15-8-12(11)14/h6-8,10H,4-5,9,14H2,1-3H3,(H,16,18). The van der Waals surface area contributed by atoms with Crippen LogP contribution in [0.25, 0.3) is 0 Å². The van der Waals surface area contributed by atoms with E-state index < -0.39 is 0 Å². The van der Waals surface area contributed by atoms with Crippen LogP contribution in [0.3, 0.4) is 0 Å². The zero-order chi connectivity index (χ0) is 13.5. The number of hydrogen-bond donors (Lipinski definition) is 2. The number of likely N-dealkylation sites (N-methyl/N-ethyl adjacent to an activating group) is 1. The largest absolute Gasteiger partial charge is 0.397 e. The number of hydrogen-bond acceptors (Lipinski definition) is 4. The minimum absolute atomic E-state index is 0.0879. The van der Waals surface area contributed by atoms with Crippen molar-refractivity contribution in [2.24, 2.45) is 0 Å². The molecule has 100 valence electrons. The molecule has 1 atom stereocenters. The lowest BCUT2D eigenvalue weighted by molar-refractivity contribution is 0.0931. The summed E-state index contributed by atoms with van der Waals surface area (Å²) in [6, 6.07) is 1.72. The number of anilines is 1. The maximum absolute atomic E-state index is 12.0. The van der Waals surface area contributed by atoms with Crippen molar-refractivity contribution in [3.63, 3.8) is 0 Å². The van der Waals surface area contributed by atoms with Gasteiger partial charge in [0.2, 0.25) is 0 Å². The molecule has 1 unspecified atom stereocenters. The second kappa shape index (κ2) is 6.96. The summed E-state index contributed by atoms with van der Waals surface area (Å²) < 4.78 is 0. The van der Waals surface area contributed by atoms with E-state index in [1.54, 1.807) is 12.3 Å². The van der Waals surface area contributed by atoms with Gasteiger partial charge in [-0.05, 0) is 26.1 Å². The van der Waals surface area contributed by atoms with E-state index in [4.69, 9.17) is 5.73 Å². The first-order valence-corrected chi connectivity index (χ1v) is 6.31. The lowest BCUT2D eigenvalue weighted by Gasteiger charge is -2.23. The topological polar surface area (TPSA) is 71.2 Å². The fourth-order valence-corrected chi connectivity index (χ4v) is 1.83. The van der Waals surface area contributed by atoms with Gasteiger partial charge in [0.15, 0.2) is 0 Å². The molecule has 0 bridgehead atoms. The van der Waals surface area contributed by atoms with Crippen LogP contribution < -0.4 is 11.1 Å². The Bertz CT molecular complexity index is 390. The van der Waals surface area contributed by atoms with Gasteiger partial charge in [-0.25, -0.2) is 0 Å². The van der Waals surface area contributed by atoms with Crippen LogP contribution in [-0.2, 0) is 0 Å². The molecule has 0 aliphatic rings. The third-order valence-electron chi connectivity index (χ3n) is 2.90. The van der Waals surface area contributed by atoms with Crippen molar-refractivity contribution in [1.29, 1.82) is 0 Å². The molecule has 1 amide bonds. The number of nitrogens with two attached hydrogens (primary N) is 1. The molecule has 0 saturated carbocycles. The minimum Gasteiger partial charge on any atom is -0.397 e. The van der Waals surface area contributed by atoms with Gasteiger partial charge in [0.25, 0.3) is 5.91 Å². The molecule has 1 aromatic rings. The van der Waals surface area contributed by atoms with Gasteiger partial charge in [0.1, 0.15) is 0 Å². The zero-order valence-electron chi connectivity index (χ0n) is 11.3. The number of nitrogens with zero attached hydrogens (tertiary/aromatic N) is 2. The van der Waals surface area contributed by atoms with Gasteiger partial charge >= 0.3 is 0 Å². The maximum Gasteiger partial charge on any atom is 0.253 e. The van der Waals surface area contributed by atoms with E-state index in [9.17, 15) is 4.79 Å². The molecule has 3 N–H and O–H groups in total. The average molecular weight is 250 g/mol. The highest BCUT2D eigenvalue weighted by molar-refractivity contribution is 5.98. The van der Waals surface area contributed by atoms with Crippen LogP contribution in [0.15, 0.2) is 18.5 Å². The smallest absolute Gasteiger partial charge is 0.253 e. The van der Waals surface area contributed by atoms with Crippen molar-refractivity contribution in [2.75, 3.05) is 25.4 Å². The van der Waals surface area contributed by atoms with Crippen LogP contribution in [0.4, 0.5) is 5.69 Å². The molecule has 0 aromatic carbocycles. The van der Waals surface area contributed by atoms with E-state index in [0.29, 0.717) is 11.3 Å². The number of carbonyl (C=O) groups excluding carboxylic acids is 1. The SMILES string of the molecule is CCN(CC)CC(C)NC(=O)c1ccncc1N. The third kappa shape index (κ3) is 4.00. The molecule has 5 heteroatoms. The molecular weight excluding hydrogens is 228 g/mol. The van der Waals surface area contributed by atoms with Crippen molar-refractivity contribution < 1.29 is 4.79 Å². The summed E-state index contributed by atoms with van der Waals surface area (Å²) in [6.07, 6.45) is 3.06. The zero-order valence-corrected chi connectivity index (χ0v) is 11.3. The Balaban J connectivity index is 2.57. The molecule has 1 aromatic heterocycles. The van der Waals surface area contributed by atoms with Crippen LogP contribution in [0.2, 0.25) is 0 Å². The first-order valence-electron chi connectivity index (χ1n) is 6.31. The van der Waals surface area contributed by atoms with Crippen molar-refractivity contribution in [1.82, 2.24) is 15.2 Å². The highest BCUT2D eigenvalue weighted by Gasteiger charge is 2.13. The summed E-state index contributed by atoms with van der Waals surface area (Å²) in [4.78, 5) is 18.1. The molecule has 18 heavy (non-hydrogen) atoms.